The van der Waals surface area contributed by atoms with Crippen LogP contribution in [0.3, 0.4) is 0 Å². The molecule has 2 aromatic carbocycles. The number of carbonyl (C=O) groups is 2. The summed E-state index contributed by atoms with van der Waals surface area (Å²) < 4.78 is 3.02. The lowest BCUT2D eigenvalue weighted by molar-refractivity contribution is 0.0672. The van der Waals surface area contributed by atoms with Crippen molar-refractivity contribution < 1.29 is 19.8 Å². The molecule has 4 aromatic rings. The van der Waals surface area contributed by atoms with Gasteiger partial charge in [-0.1, -0.05) is 54.6 Å². The summed E-state index contributed by atoms with van der Waals surface area (Å²) in [6.45, 7) is 0.343. The van der Waals surface area contributed by atoms with Gasteiger partial charge in [-0.3, -0.25) is 0 Å². The van der Waals surface area contributed by atoms with Gasteiger partial charge in [0.05, 0.1) is 12.6 Å². The first-order valence-corrected chi connectivity index (χ1v) is 9.40. The summed E-state index contributed by atoms with van der Waals surface area (Å²) in [6, 6.07) is 17.0. The number of hydrogen-bond donors (Lipinski definition) is 2. The van der Waals surface area contributed by atoms with Crippen molar-refractivity contribution in [3.63, 3.8) is 0 Å². The fourth-order valence-electron chi connectivity index (χ4n) is 3.32. The molecule has 2 aromatic heterocycles. The third-order valence-electron chi connectivity index (χ3n) is 4.80. The second-order valence-corrected chi connectivity index (χ2v) is 6.82. The standard InChI is InChI=1S/C21H18N6O4/c28-20(29)18-22-12-26(24-18)11-16-9-5-4-8-15(16)10-17(14-6-2-1-3-7-14)27-13-23-19(25-27)21(30)31/h1-9,12-13,17H,10-11H2,(H,28,29)(H,30,31). The van der Waals surface area contributed by atoms with Gasteiger partial charge in [-0.25, -0.2) is 28.9 Å². The van der Waals surface area contributed by atoms with Crippen LogP contribution in [-0.4, -0.2) is 51.7 Å². The lowest BCUT2D eigenvalue weighted by Crippen LogP contribution is -2.16. The van der Waals surface area contributed by atoms with E-state index in [0.717, 1.165) is 16.7 Å². The van der Waals surface area contributed by atoms with Gasteiger partial charge in [0.1, 0.15) is 12.7 Å². The smallest absolute Gasteiger partial charge is 0.375 e. The Labute approximate surface area is 176 Å². The summed E-state index contributed by atoms with van der Waals surface area (Å²) in [5.74, 6) is -2.90. The van der Waals surface area contributed by atoms with Crippen molar-refractivity contribution in [1.82, 2.24) is 29.5 Å². The molecule has 0 amide bonds. The van der Waals surface area contributed by atoms with Crippen LogP contribution in [0.5, 0.6) is 0 Å². The van der Waals surface area contributed by atoms with E-state index in [4.69, 9.17) is 5.11 Å². The average Bonchev–Trinajstić information content (AvgIpc) is 3.44. The second-order valence-electron chi connectivity index (χ2n) is 6.82. The predicted octanol–water partition coefficient (Wildman–Crippen LogP) is 2.15. The highest BCUT2D eigenvalue weighted by Crippen LogP contribution is 2.24. The summed E-state index contributed by atoms with van der Waals surface area (Å²) in [6.07, 6.45) is 3.31. The number of benzene rings is 2. The molecule has 1 atom stereocenters. The Balaban J connectivity index is 1.67. The van der Waals surface area contributed by atoms with E-state index in [1.54, 1.807) is 4.68 Å². The minimum Gasteiger partial charge on any atom is -0.475 e. The van der Waals surface area contributed by atoms with Crippen LogP contribution in [0.1, 0.15) is 44.0 Å². The first-order chi connectivity index (χ1) is 15.0. The molecule has 2 heterocycles. The number of carboxylic acids is 2. The zero-order valence-corrected chi connectivity index (χ0v) is 16.2. The SMILES string of the molecule is O=C(O)c1ncn(Cc2ccccc2CC(c2ccccc2)n2cnc(C(=O)O)n2)n1. The van der Waals surface area contributed by atoms with E-state index in [1.807, 2.05) is 54.6 Å². The Kier molecular flexibility index (Phi) is 5.52. The van der Waals surface area contributed by atoms with Gasteiger partial charge in [0.15, 0.2) is 0 Å². The highest BCUT2D eigenvalue weighted by atomic mass is 16.4. The van der Waals surface area contributed by atoms with Gasteiger partial charge in [-0.15, -0.1) is 10.2 Å². The zero-order valence-electron chi connectivity index (χ0n) is 16.2. The lowest BCUT2D eigenvalue weighted by Gasteiger charge is -2.19. The van der Waals surface area contributed by atoms with Gasteiger partial charge in [0.2, 0.25) is 0 Å². The molecule has 0 spiro atoms. The number of aromatic nitrogens is 6. The molecule has 10 nitrogen and oxygen atoms in total. The quantitative estimate of drug-likeness (QED) is 0.444. The number of carboxylic acid groups (broad SMARTS) is 2. The van der Waals surface area contributed by atoms with Crippen molar-refractivity contribution in [1.29, 1.82) is 0 Å². The number of nitrogens with zero attached hydrogens (tertiary/aromatic N) is 6. The topological polar surface area (TPSA) is 136 Å². The van der Waals surface area contributed by atoms with E-state index in [9.17, 15) is 14.7 Å². The van der Waals surface area contributed by atoms with Crippen LogP contribution < -0.4 is 0 Å². The van der Waals surface area contributed by atoms with Crippen LogP contribution >= 0.6 is 0 Å². The van der Waals surface area contributed by atoms with Crippen LogP contribution in [0, 0.1) is 0 Å². The predicted molar refractivity (Wildman–Crippen MR) is 108 cm³/mol. The van der Waals surface area contributed by atoms with E-state index in [1.165, 1.54) is 17.3 Å². The van der Waals surface area contributed by atoms with E-state index in [2.05, 4.69) is 20.2 Å². The average molecular weight is 418 g/mol. The minimum atomic E-state index is -1.19. The normalized spacial score (nSPS) is 11.9. The first kappa shape index (κ1) is 20.0. The molecule has 0 saturated carbocycles. The van der Waals surface area contributed by atoms with Crippen molar-refractivity contribution in [3.8, 4) is 0 Å². The maximum atomic E-state index is 11.2. The third-order valence-corrected chi connectivity index (χ3v) is 4.80. The fraction of sp³-hybridized carbons (Fsp3) is 0.143. The first-order valence-electron chi connectivity index (χ1n) is 9.40. The molecule has 0 aliphatic rings. The van der Waals surface area contributed by atoms with Gasteiger partial charge in [-0.05, 0) is 23.1 Å². The van der Waals surface area contributed by atoms with Crippen molar-refractivity contribution in [3.05, 3.63) is 95.6 Å². The maximum absolute atomic E-state index is 11.2. The monoisotopic (exact) mass is 418 g/mol. The summed E-state index contributed by atoms with van der Waals surface area (Å²) in [5.41, 5.74) is 2.87. The number of aromatic carboxylic acids is 2. The highest BCUT2D eigenvalue weighted by molar-refractivity contribution is 5.83. The molecule has 10 heteroatoms. The molecule has 0 bridgehead atoms. The highest BCUT2D eigenvalue weighted by Gasteiger charge is 2.20. The van der Waals surface area contributed by atoms with Gasteiger partial charge in [-0.2, -0.15) is 0 Å². The maximum Gasteiger partial charge on any atom is 0.375 e. The van der Waals surface area contributed by atoms with Gasteiger partial charge in [0, 0.05) is 0 Å². The van der Waals surface area contributed by atoms with Crippen LogP contribution in [0.4, 0.5) is 0 Å². The Morgan fingerprint density at radius 2 is 1.42 bits per heavy atom. The van der Waals surface area contributed by atoms with Crippen LogP contribution in [0.15, 0.2) is 67.3 Å². The van der Waals surface area contributed by atoms with Crippen LogP contribution in [0.25, 0.3) is 0 Å². The second kappa shape index (κ2) is 8.57. The molecular weight excluding hydrogens is 400 g/mol. The molecule has 4 rings (SSSR count). The Morgan fingerprint density at radius 3 is 2.06 bits per heavy atom. The summed E-state index contributed by atoms with van der Waals surface area (Å²) >= 11 is 0. The van der Waals surface area contributed by atoms with E-state index in [-0.39, 0.29) is 17.7 Å². The summed E-state index contributed by atoms with van der Waals surface area (Å²) in [5, 5.41) is 26.3. The van der Waals surface area contributed by atoms with E-state index < -0.39 is 11.9 Å². The van der Waals surface area contributed by atoms with Crippen LogP contribution in [0.2, 0.25) is 0 Å². The number of rotatable bonds is 8. The van der Waals surface area contributed by atoms with Gasteiger partial charge < -0.3 is 10.2 Å². The molecule has 0 radical (unpaired) electrons. The molecule has 1 unspecified atom stereocenters. The number of hydrogen-bond acceptors (Lipinski definition) is 6. The van der Waals surface area contributed by atoms with Crippen LogP contribution in [-0.2, 0) is 13.0 Å². The molecule has 0 aliphatic heterocycles. The zero-order chi connectivity index (χ0) is 21.8. The molecule has 156 valence electrons. The molecule has 31 heavy (non-hydrogen) atoms. The summed E-state index contributed by atoms with van der Waals surface area (Å²) in [4.78, 5) is 30.0. The Hall–Kier alpha value is -4.34. The van der Waals surface area contributed by atoms with Crippen molar-refractivity contribution in [2.24, 2.45) is 0 Å². The molecule has 0 saturated heterocycles. The largest absolute Gasteiger partial charge is 0.475 e. The summed E-state index contributed by atoms with van der Waals surface area (Å²) in [7, 11) is 0. The van der Waals surface area contributed by atoms with Gasteiger partial charge in [0.25, 0.3) is 11.6 Å². The van der Waals surface area contributed by atoms with E-state index in [0.29, 0.717) is 13.0 Å². The van der Waals surface area contributed by atoms with Crippen molar-refractivity contribution in [2.45, 2.75) is 19.0 Å². The molecule has 0 fully saturated rings. The third kappa shape index (κ3) is 4.47. The molecule has 2 N–H and O–H groups in total. The van der Waals surface area contributed by atoms with Crippen molar-refractivity contribution >= 4 is 11.9 Å². The molecule has 0 aliphatic carbocycles. The lowest BCUT2D eigenvalue weighted by atomic mass is 9.95. The Bertz CT molecular complexity index is 1220. The van der Waals surface area contributed by atoms with E-state index >= 15 is 0 Å². The molecular formula is C21H18N6O4. The minimum absolute atomic E-state index is 0.261. The van der Waals surface area contributed by atoms with Gasteiger partial charge >= 0.3 is 11.9 Å². The fourth-order valence-corrected chi connectivity index (χ4v) is 3.32. The Morgan fingerprint density at radius 1 is 0.806 bits per heavy atom. The van der Waals surface area contributed by atoms with Crippen molar-refractivity contribution in [2.75, 3.05) is 0 Å².